The smallest absolute Gasteiger partial charge is 0.301 e. The van der Waals surface area contributed by atoms with E-state index in [4.69, 9.17) is 23.2 Å². The molecule has 5 rings (SSSR count). The fourth-order valence-corrected chi connectivity index (χ4v) is 6.82. The van der Waals surface area contributed by atoms with E-state index in [-0.39, 0.29) is 22.2 Å². The van der Waals surface area contributed by atoms with E-state index in [1.165, 1.54) is 40.9 Å². The average Bonchev–Trinajstić information content (AvgIpc) is 3.51. The van der Waals surface area contributed by atoms with E-state index in [9.17, 15) is 24.8 Å². The predicted molar refractivity (Wildman–Crippen MR) is 160 cm³/mol. The summed E-state index contributed by atoms with van der Waals surface area (Å²) in [6.45, 7) is 3.63. The first-order chi connectivity index (χ1) is 19.5. The van der Waals surface area contributed by atoms with Crippen LogP contribution in [-0.2, 0) is 15.3 Å². The molecule has 1 aliphatic rings. The maximum Gasteiger partial charge on any atom is 0.301 e. The van der Waals surface area contributed by atoms with E-state index in [0.29, 0.717) is 36.8 Å². The molecule has 4 aromatic rings. The van der Waals surface area contributed by atoms with Gasteiger partial charge in [0.05, 0.1) is 16.5 Å². The summed E-state index contributed by atoms with van der Waals surface area (Å²) in [6.07, 6.45) is 0. The molecule has 3 aromatic carbocycles. The molecule has 0 spiro atoms. The summed E-state index contributed by atoms with van der Waals surface area (Å²) in [5.41, 5.74) is 2.88. The normalized spacial score (nSPS) is 16.4. The van der Waals surface area contributed by atoms with Crippen molar-refractivity contribution in [2.45, 2.75) is 30.0 Å². The zero-order valence-corrected chi connectivity index (χ0v) is 24.6. The van der Waals surface area contributed by atoms with E-state index >= 15 is 0 Å². The largest absolute Gasteiger partial charge is 0.507 e. The number of aromatic nitrogens is 2. The molecule has 1 fully saturated rings. The number of hydrogen-bond acceptors (Lipinski definition) is 9. The summed E-state index contributed by atoms with van der Waals surface area (Å²) in [6, 6.07) is 15.0. The highest BCUT2D eigenvalue weighted by molar-refractivity contribution is 8.00. The molecule has 208 valence electrons. The highest BCUT2D eigenvalue weighted by atomic mass is 35.5. The lowest BCUT2D eigenvalue weighted by Crippen LogP contribution is -2.29. The fraction of sp³-hybridized carbons (Fsp3) is 0.143. The van der Waals surface area contributed by atoms with Crippen LogP contribution in [-0.4, -0.2) is 31.9 Å². The number of anilines is 1. The maximum atomic E-state index is 13.5. The fourth-order valence-electron chi connectivity index (χ4n) is 4.40. The quantitative estimate of drug-likeness (QED) is 0.0431. The van der Waals surface area contributed by atoms with Crippen LogP contribution in [0.15, 0.2) is 70.6 Å². The van der Waals surface area contributed by atoms with E-state index in [1.807, 2.05) is 19.1 Å². The van der Waals surface area contributed by atoms with Crippen molar-refractivity contribution in [3.05, 3.63) is 114 Å². The van der Waals surface area contributed by atoms with Crippen molar-refractivity contribution in [1.82, 2.24) is 10.2 Å². The number of halogens is 2. The van der Waals surface area contributed by atoms with Crippen LogP contribution in [0.1, 0.15) is 33.9 Å². The van der Waals surface area contributed by atoms with Gasteiger partial charge in [-0.15, -0.1) is 10.2 Å². The first-order valence-electron chi connectivity index (χ1n) is 12.1. The van der Waals surface area contributed by atoms with Gasteiger partial charge in [0.15, 0.2) is 4.34 Å². The monoisotopic (exact) mass is 626 g/mol. The second-order valence-corrected chi connectivity index (χ2v) is 12.2. The number of nitro groups is 1. The summed E-state index contributed by atoms with van der Waals surface area (Å²) in [4.78, 5) is 38.8. The first kappa shape index (κ1) is 28.7. The van der Waals surface area contributed by atoms with Crippen LogP contribution in [0, 0.1) is 24.0 Å². The van der Waals surface area contributed by atoms with Crippen molar-refractivity contribution in [3.8, 4) is 0 Å². The van der Waals surface area contributed by atoms with Crippen molar-refractivity contribution in [2.24, 2.45) is 0 Å². The highest BCUT2D eigenvalue weighted by Gasteiger charge is 2.48. The Kier molecular flexibility index (Phi) is 8.14. The molecule has 1 aliphatic heterocycles. The zero-order chi connectivity index (χ0) is 29.4. The third kappa shape index (κ3) is 5.71. The minimum Gasteiger partial charge on any atom is -0.507 e. The molecular formula is C28H20Cl2N4O5S2. The Morgan fingerprint density at radius 3 is 2.49 bits per heavy atom. The standard InChI is InChI=1S/C28H20Cl2N4O5S2/c1-14-3-4-15(2)20(11-14)24(35)22-23(16-6-9-19(10-7-16)34(38)39)33(26(37)25(22)36)27-31-32-28(41-27)40-13-17-5-8-18(29)12-21(17)30/h3-12,23,35H,13H2,1-2H3/b24-22+. The number of benzene rings is 3. The number of nitro benzene ring substituents is 1. The van der Waals surface area contributed by atoms with Crippen LogP contribution >= 0.6 is 46.3 Å². The second kappa shape index (κ2) is 11.6. The van der Waals surface area contributed by atoms with Gasteiger partial charge in [-0.1, -0.05) is 70.1 Å². The third-order valence-electron chi connectivity index (χ3n) is 6.48. The minimum absolute atomic E-state index is 0.139. The summed E-state index contributed by atoms with van der Waals surface area (Å²) < 4.78 is 0.518. The van der Waals surface area contributed by atoms with Crippen LogP contribution in [0.5, 0.6) is 0 Å². The van der Waals surface area contributed by atoms with Crippen molar-refractivity contribution >= 4 is 74.6 Å². The van der Waals surface area contributed by atoms with Crippen molar-refractivity contribution in [2.75, 3.05) is 4.90 Å². The number of Topliss-reactive ketones (excluding diaryl/α,β-unsaturated/α-hetero) is 1. The number of thioether (sulfide) groups is 1. The molecule has 1 atom stereocenters. The molecule has 1 amide bonds. The van der Waals surface area contributed by atoms with E-state index in [2.05, 4.69) is 10.2 Å². The molecule has 0 aliphatic carbocycles. The van der Waals surface area contributed by atoms with Gasteiger partial charge in [-0.05, 0) is 60.9 Å². The predicted octanol–water partition coefficient (Wildman–Crippen LogP) is 7.29. The van der Waals surface area contributed by atoms with Crippen LogP contribution in [0.3, 0.4) is 0 Å². The Balaban J connectivity index is 1.57. The molecule has 0 bridgehead atoms. The molecular weight excluding hydrogens is 607 g/mol. The van der Waals surface area contributed by atoms with Crippen LogP contribution in [0.4, 0.5) is 10.8 Å². The van der Waals surface area contributed by atoms with Crippen molar-refractivity contribution in [1.29, 1.82) is 0 Å². The lowest BCUT2D eigenvalue weighted by molar-refractivity contribution is -0.384. The number of amides is 1. The molecule has 1 N–H and O–H groups in total. The van der Waals surface area contributed by atoms with E-state index < -0.39 is 22.7 Å². The Bertz CT molecular complexity index is 1740. The van der Waals surface area contributed by atoms with Gasteiger partial charge in [0.25, 0.3) is 11.5 Å². The summed E-state index contributed by atoms with van der Waals surface area (Å²) >= 11 is 14.7. The number of ketones is 1. The maximum absolute atomic E-state index is 13.5. The van der Waals surface area contributed by atoms with Gasteiger partial charge < -0.3 is 5.11 Å². The third-order valence-corrected chi connectivity index (χ3v) is 9.17. The highest BCUT2D eigenvalue weighted by Crippen LogP contribution is 2.44. The van der Waals surface area contributed by atoms with E-state index in [1.54, 1.807) is 31.2 Å². The van der Waals surface area contributed by atoms with Gasteiger partial charge in [-0.3, -0.25) is 24.6 Å². The second-order valence-electron chi connectivity index (χ2n) is 9.21. The molecule has 41 heavy (non-hydrogen) atoms. The molecule has 1 saturated heterocycles. The number of aliphatic hydroxyl groups excluding tert-OH is 1. The van der Waals surface area contributed by atoms with Gasteiger partial charge in [0, 0.05) is 33.5 Å². The Morgan fingerprint density at radius 2 is 1.80 bits per heavy atom. The van der Waals surface area contributed by atoms with Crippen molar-refractivity contribution in [3.63, 3.8) is 0 Å². The molecule has 0 radical (unpaired) electrons. The molecule has 13 heteroatoms. The number of aliphatic hydroxyl groups is 1. The van der Waals surface area contributed by atoms with Crippen LogP contribution < -0.4 is 4.90 Å². The number of nitrogens with zero attached hydrogens (tertiary/aromatic N) is 4. The summed E-state index contributed by atoms with van der Waals surface area (Å²) in [5, 5.41) is 32.2. The van der Waals surface area contributed by atoms with Crippen LogP contribution in [0.2, 0.25) is 10.0 Å². The van der Waals surface area contributed by atoms with Gasteiger partial charge in [0.1, 0.15) is 5.76 Å². The topological polar surface area (TPSA) is 127 Å². The molecule has 2 heterocycles. The van der Waals surface area contributed by atoms with Crippen molar-refractivity contribution < 1.29 is 19.6 Å². The molecule has 1 aromatic heterocycles. The van der Waals surface area contributed by atoms with Gasteiger partial charge >= 0.3 is 5.91 Å². The number of aryl methyl sites for hydroxylation is 2. The molecule has 1 unspecified atom stereocenters. The Labute approximate surface area is 252 Å². The molecule has 9 nitrogen and oxygen atoms in total. The van der Waals surface area contributed by atoms with Gasteiger partial charge in [-0.25, -0.2) is 0 Å². The SMILES string of the molecule is Cc1ccc(C)c(/C(O)=C2\C(=O)C(=O)N(c3nnc(SCc4ccc(Cl)cc4Cl)s3)C2c2ccc([N+](=O)[O-])cc2)c1. The Morgan fingerprint density at radius 1 is 1.07 bits per heavy atom. The lowest BCUT2D eigenvalue weighted by atomic mass is 9.93. The Hall–Kier alpha value is -3.77. The van der Waals surface area contributed by atoms with Gasteiger partial charge in [-0.2, -0.15) is 0 Å². The lowest BCUT2D eigenvalue weighted by Gasteiger charge is -2.22. The van der Waals surface area contributed by atoms with E-state index in [0.717, 1.165) is 22.5 Å². The summed E-state index contributed by atoms with van der Waals surface area (Å²) in [5.74, 6) is -1.67. The number of carbonyl (C=O) groups excluding carboxylic acids is 2. The number of non-ortho nitro benzene ring substituents is 1. The zero-order valence-electron chi connectivity index (χ0n) is 21.5. The average molecular weight is 628 g/mol. The number of rotatable bonds is 7. The first-order valence-corrected chi connectivity index (χ1v) is 14.6. The minimum atomic E-state index is -1.09. The number of carbonyl (C=O) groups is 2. The van der Waals surface area contributed by atoms with Gasteiger partial charge in [0.2, 0.25) is 5.13 Å². The summed E-state index contributed by atoms with van der Waals surface area (Å²) in [7, 11) is 0. The number of hydrogen-bond donors (Lipinski definition) is 1. The van der Waals surface area contributed by atoms with Crippen LogP contribution in [0.25, 0.3) is 5.76 Å². The molecule has 0 saturated carbocycles.